The van der Waals surface area contributed by atoms with E-state index in [9.17, 15) is 19.7 Å². The lowest BCUT2D eigenvalue weighted by Crippen LogP contribution is -2.32. The zero-order valence-corrected chi connectivity index (χ0v) is 12.9. The Bertz CT molecular complexity index is 823. The Hall–Kier alpha value is -3.26. The topological polar surface area (TPSA) is 114 Å². The predicted octanol–water partition coefficient (Wildman–Crippen LogP) is 2.34. The molecule has 0 unspecified atom stereocenters. The van der Waals surface area contributed by atoms with Crippen molar-refractivity contribution in [3.8, 4) is 0 Å². The second-order valence-electron chi connectivity index (χ2n) is 4.49. The second kappa shape index (κ2) is 7.84. The van der Waals surface area contributed by atoms with Gasteiger partial charge in [-0.25, -0.2) is 5.43 Å². The summed E-state index contributed by atoms with van der Waals surface area (Å²) in [6.07, 6.45) is 1.19. The molecule has 0 bridgehead atoms. The van der Waals surface area contributed by atoms with Crippen LogP contribution in [0.25, 0.3) is 0 Å². The van der Waals surface area contributed by atoms with Crippen LogP contribution in [0.15, 0.2) is 53.6 Å². The van der Waals surface area contributed by atoms with E-state index in [4.69, 9.17) is 11.6 Å². The van der Waals surface area contributed by atoms with Gasteiger partial charge in [0.2, 0.25) is 0 Å². The van der Waals surface area contributed by atoms with Gasteiger partial charge in [-0.2, -0.15) is 5.10 Å². The zero-order chi connectivity index (χ0) is 17.5. The van der Waals surface area contributed by atoms with Crippen molar-refractivity contribution in [1.82, 2.24) is 5.43 Å². The molecule has 0 aliphatic carbocycles. The number of nitrogens with one attached hydrogen (secondary N) is 2. The minimum absolute atomic E-state index is 0.110. The van der Waals surface area contributed by atoms with Gasteiger partial charge in [-0.1, -0.05) is 35.9 Å². The molecule has 8 nitrogen and oxygen atoms in total. The molecular weight excluding hydrogens is 336 g/mol. The van der Waals surface area contributed by atoms with Gasteiger partial charge in [0.1, 0.15) is 0 Å². The van der Waals surface area contributed by atoms with Crippen molar-refractivity contribution in [2.45, 2.75) is 0 Å². The third-order valence-electron chi connectivity index (χ3n) is 2.79. The first-order valence-corrected chi connectivity index (χ1v) is 6.98. The summed E-state index contributed by atoms with van der Waals surface area (Å²) in [5, 5.41) is 16.9. The molecule has 122 valence electrons. The van der Waals surface area contributed by atoms with Gasteiger partial charge in [-0.3, -0.25) is 19.7 Å². The van der Waals surface area contributed by atoms with Crippen LogP contribution in [0.4, 0.5) is 11.4 Å². The Morgan fingerprint density at radius 2 is 1.88 bits per heavy atom. The average Bonchev–Trinajstić information content (AvgIpc) is 2.57. The maximum atomic E-state index is 11.7. The first kappa shape index (κ1) is 17.1. The van der Waals surface area contributed by atoms with Crippen LogP contribution in [-0.4, -0.2) is 23.0 Å². The van der Waals surface area contributed by atoms with E-state index < -0.39 is 16.7 Å². The fourth-order valence-electron chi connectivity index (χ4n) is 1.68. The summed E-state index contributed by atoms with van der Waals surface area (Å²) < 4.78 is 0. The Kier molecular flexibility index (Phi) is 5.58. The quantitative estimate of drug-likeness (QED) is 0.382. The van der Waals surface area contributed by atoms with Gasteiger partial charge < -0.3 is 5.32 Å². The van der Waals surface area contributed by atoms with E-state index in [1.807, 2.05) is 5.43 Å². The number of anilines is 1. The lowest BCUT2D eigenvalue weighted by Gasteiger charge is -2.05. The van der Waals surface area contributed by atoms with E-state index in [1.54, 1.807) is 30.3 Å². The largest absolute Gasteiger partial charge is 0.329 e. The molecule has 9 heteroatoms. The maximum Gasteiger partial charge on any atom is 0.329 e. The van der Waals surface area contributed by atoms with Crippen molar-refractivity contribution in [2.24, 2.45) is 5.10 Å². The molecule has 0 spiro atoms. The minimum Gasteiger partial charge on any atom is -0.316 e. The fraction of sp³-hybridized carbons (Fsp3) is 0. The molecule has 0 heterocycles. The molecule has 0 saturated heterocycles. The molecule has 0 atom stereocenters. The minimum atomic E-state index is -1.00. The van der Waals surface area contributed by atoms with Crippen molar-refractivity contribution in [3.05, 3.63) is 69.2 Å². The third kappa shape index (κ3) is 4.62. The van der Waals surface area contributed by atoms with Crippen LogP contribution in [0.1, 0.15) is 5.56 Å². The van der Waals surface area contributed by atoms with E-state index in [1.165, 1.54) is 24.4 Å². The zero-order valence-electron chi connectivity index (χ0n) is 12.1. The van der Waals surface area contributed by atoms with Crippen LogP contribution in [0.3, 0.4) is 0 Å². The molecule has 0 aromatic heterocycles. The Morgan fingerprint density at radius 3 is 2.58 bits per heavy atom. The average molecular weight is 347 g/mol. The lowest BCUT2D eigenvalue weighted by atomic mass is 10.2. The first-order chi connectivity index (χ1) is 11.5. The third-order valence-corrected chi connectivity index (χ3v) is 3.12. The normalized spacial score (nSPS) is 10.4. The molecule has 2 amide bonds. The molecule has 0 aliphatic heterocycles. The monoisotopic (exact) mass is 346 g/mol. The summed E-state index contributed by atoms with van der Waals surface area (Å²) in [7, 11) is 0. The number of hydrogen-bond acceptors (Lipinski definition) is 5. The number of carbonyl (C=O) groups excluding carboxylic acids is 2. The highest BCUT2D eigenvalue weighted by molar-refractivity contribution is 6.41. The summed E-state index contributed by atoms with van der Waals surface area (Å²) in [6.45, 7) is 0. The van der Waals surface area contributed by atoms with Crippen molar-refractivity contribution in [1.29, 1.82) is 0 Å². The number of amides is 2. The molecule has 0 aliphatic rings. The number of nitro benzene ring substituents is 1. The summed E-state index contributed by atoms with van der Waals surface area (Å²) in [5.41, 5.74) is 2.61. The fourth-order valence-corrected chi connectivity index (χ4v) is 1.86. The molecule has 0 radical (unpaired) electrons. The number of rotatable bonds is 4. The Morgan fingerprint density at radius 1 is 1.12 bits per heavy atom. The Labute approximate surface area is 141 Å². The summed E-state index contributed by atoms with van der Waals surface area (Å²) in [5.74, 6) is -1.95. The number of benzene rings is 2. The molecular formula is C15H11ClN4O4. The van der Waals surface area contributed by atoms with Crippen LogP contribution in [0.5, 0.6) is 0 Å². The number of carbonyl (C=O) groups is 2. The van der Waals surface area contributed by atoms with E-state index in [0.29, 0.717) is 16.3 Å². The number of non-ortho nitro benzene ring substituents is 1. The van der Waals surface area contributed by atoms with Crippen LogP contribution >= 0.6 is 11.6 Å². The van der Waals surface area contributed by atoms with Crippen molar-refractivity contribution >= 4 is 41.0 Å². The standard InChI is InChI=1S/C15H11ClN4O4/c16-12-6-1-2-7-13(12)18-14(21)15(22)19-17-9-10-4-3-5-11(8-10)20(23)24/h1-9H,(H,18,21)(H,19,22)/b17-9-. The number of halogens is 1. The SMILES string of the molecule is O=C(N/N=C\c1cccc([N+](=O)[O-])c1)C(=O)Nc1ccccc1Cl. The van der Waals surface area contributed by atoms with Gasteiger partial charge in [0, 0.05) is 17.7 Å². The molecule has 0 saturated carbocycles. The van der Waals surface area contributed by atoms with Crippen molar-refractivity contribution < 1.29 is 14.5 Å². The van der Waals surface area contributed by atoms with Gasteiger partial charge in [0.25, 0.3) is 5.69 Å². The molecule has 0 fully saturated rings. The lowest BCUT2D eigenvalue weighted by molar-refractivity contribution is -0.384. The van der Waals surface area contributed by atoms with Crippen LogP contribution in [0, 0.1) is 10.1 Å². The van der Waals surface area contributed by atoms with E-state index in [-0.39, 0.29) is 5.69 Å². The second-order valence-corrected chi connectivity index (χ2v) is 4.89. The molecule has 24 heavy (non-hydrogen) atoms. The summed E-state index contributed by atoms with van der Waals surface area (Å²) >= 11 is 5.87. The summed E-state index contributed by atoms with van der Waals surface area (Å²) in [4.78, 5) is 33.4. The van der Waals surface area contributed by atoms with Gasteiger partial charge in [-0.15, -0.1) is 0 Å². The van der Waals surface area contributed by atoms with Crippen LogP contribution in [-0.2, 0) is 9.59 Å². The highest BCUT2D eigenvalue weighted by Crippen LogP contribution is 2.20. The number of hydrazone groups is 1. The van der Waals surface area contributed by atoms with Crippen LogP contribution < -0.4 is 10.7 Å². The van der Waals surface area contributed by atoms with Gasteiger partial charge in [0.15, 0.2) is 0 Å². The number of para-hydroxylation sites is 1. The van der Waals surface area contributed by atoms with E-state index in [2.05, 4.69) is 10.4 Å². The van der Waals surface area contributed by atoms with E-state index >= 15 is 0 Å². The highest BCUT2D eigenvalue weighted by Gasteiger charge is 2.14. The van der Waals surface area contributed by atoms with Crippen molar-refractivity contribution in [2.75, 3.05) is 5.32 Å². The van der Waals surface area contributed by atoms with Gasteiger partial charge in [0.05, 0.1) is 21.8 Å². The predicted molar refractivity (Wildman–Crippen MR) is 88.9 cm³/mol. The number of nitrogens with zero attached hydrogens (tertiary/aromatic N) is 2. The Balaban J connectivity index is 1.95. The summed E-state index contributed by atoms with van der Waals surface area (Å²) in [6, 6.07) is 12.1. The molecule has 2 aromatic rings. The van der Waals surface area contributed by atoms with E-state index in [0.717, 1.165) is 0 Å². The first-order valence-electron chi connectivity index (χ1n) is 6.61. The van der Waals surface area contributed by atoms with Gasteiger partial charge >= 0.3 is 11.8 Å². The number of nitro groups is 1. The van der Waals surface area contributed by atoms with Gasteiger partial charge in [-0.05, 0) is 12.1 Å². The number of hydrogen-bond donors (Lipinski definition) is 2. The smallest absolute Gasteiger partial charge is 0.316 e. The molecule has 2 N–H and O–H groups in total. The van der Waals surface area contributed by atoms with Crippen LogP contribution in [0.2, 0.25) is 5.02 Å². The highest BCUT2D eigenvalue weighted by atomic mass is 35.5. The molecule has 2 rings (SSSR count). The molecule has 2 aromatic carbocycles. The van der Waals surface area contributed by atoms with Crippen molar-refractivity contribution in [3.63, 3.8) is 0 Å². The maximum absolute atomic E-state index is 11.7.